The van der Waals surface area contributed by atoms with Gasteiger partial charge in [-0.15, -0.1) is 24.0 Å². The van der Waals surface area contributed by atoms with Crippen LogP contribution in [0.1, 0.15) is 30.0 Å². The second-order valence-corrected chi connectivity index (χ2v) is 7.76. The number of rotatable bonds is 10. The van der Waals surface area contributed by atoms with Crippen molar-refractivity contribution in [2.24, 2.45) is 4.99 Å². The number of nitrogens with zero attached hydrogens (tertiary/aromatic N) is 1. The van der Waals surface area contributed by atoms with Crippen LogP contribution in [0, 0.1) is 6.92 Å². The fraction of sp³-hybridized carbons (Fsp3) is 0.480. The highest BCUT2D eigenvalue weighted by Crippen LogP contribution is 2.25. The summed E-state index contributed by atoms with van der Waals surface area (Å²) < 4.78 is 22.5. The van der Waals surface area contributed by atoms with E-state index in [1.165, 1.54) is 5.56 Å². The fourth-order valence-electron chi connectivity index (χ4n) is 3.59. The number of methoxy groups -OCH3 is 2. The molecule has 1 unspecified atom stereocenters. The van der Waals surface area contributed by atoms with E-state index in [1.54, 1.807) is 14.2 Å². The van der Waals surface area contributed by atoms with E-state index in [4.69, 9.17) is 23.9 Å². The third-order valence-corrected chi connectivity index (χ3v) is 5.33. The number of nitrogens with one attached hydrogen (secondary N) is 2. The predicted octanol–water partition coefficient (Wildman–Crippen LogP) is 4.10. The SMILES string of the molecule is CCNC(=NCc1ccc(C)cc1OC1CCOC1)NCCc1cc(OC)ccc1OC.I. The van der Waals surface area contributed by atoms with Crippen molar-refractivity contribution >= 4 is 29.9 Å². The molecule has 2 aromatic rings. The second kappa shape index (κ2) is 14.1. The molecule has 0 saturated carbocycles. The molecular formula is C25H36IN3O4. The summed E-state index contributed by atoms with van der Waals surface area (Å²) in [6.07, 6.45) is 1.82. The van der Waals surface area contributed by atoms with Crippen molar-refractivity contribution in [1.82, 2.24) is 10.6 Å². The van der Waals surface area contributed by atoms with Crippen molar-refractivity contribution in [3.05, 3.63) is 53.1 Å². The van der Waals surface area contributed by atoms with Gasteiger partial charge in [0, 0.05) is 25.1 Å². The van der Waals surface area contributed by atoms with Gasteiger partial charge in [0.2, 0.25) is 0 Å². The maximum absolute atomic E-state index is 6.21. The van der Waals surface area contributed by atoms with Crippen LogP contribution in [0.3, 0.4) is 0 Å². The first-order chi connectivity index (χ1) is 15.6. The standard InChI is InChI=1S/C25H35N3O4.HI/c1-5-26-25(27-12-10-19-15-21(29-3)8-9-23(19)30-4)28-16-20-7-6-18(2)14-24(20)32-22-11-13-31-17-22;/h6-9,14-15,22H,5,10-13,16-17H2,1-4H3,(H2,26,27,28);1H. The number of halogens is 1. The smallest absolute Gasteiger partial charge is 0.191 e. The van der Waals surface area contributed by atoms with Crippen LogP contribution in [-0.2, 0) is 17.7 Å². The zero-order chi connectivity index (χ0) is 22.8. The second-order valence-electron chi connectivity index (χ2n) is 7.76. The van der Waals surface area contributed by atoms with Crippen molar-refractivity contribution in [3.63, 3.8) is 0 Å². The Balaban J connectivity index is 0.00000385. The molecule has 1 saturated heterocycles. The number of aliphatic imine (C=N–C) groups is 1. The third-order valence-electron chi connectivity index (χ3n) is 5.33. The van der Waals surface area contributed by atoms with Crippen molar-refractivity contribution < 1.29 is 18.9 Å². The van der Waals surface area contributed by atoms with E-state index in [0.717, 1.165) is 60.3 Å². The molecule has 182 valence electrons. The van der Waals surface area contributed by atoms with Crippen LogP contribution in [0.4, 0.5) is 0 Å². The van der Waals surface area contributed by atoms with Crippen LogP contribution in [0.15, 0.2) is 41.4 Å². The van der Waals surface area contributed by atoms with E-state index in [-0.39, 0.29) is 30.1 Å². The molecule has 0 radical (unpaired) electrons. The molecule has 1 aliphatic rings. The minimum absolute atomic E-state index is 0. The Morgan fingerprint density at radius 1 is 1.06 bits per heavy atom. The first-order valence-electron chi connectivity index (χ1n) is 11.2. The molecule has 2 aromatic carbocycles. The zero-order valence-corrected chi connectivity index (χ0v) is 22.3. The molecule has 7 nitrogen and oxygen atoms in total. The number of ether oxygens (including phenoxy) is 4. The van der Waals surface area contributed by atoms with Crippen LogP contribution < -0.4 is 24.8 Å². The van der Waals surface area contributed by atoms with Crippen molar-refractivity contribution in [2.45, 2.75) is 39.3 Å². The molecule has 0 aliphatic carbocycles. The molecular weight excluding hydrogens is 533 g/mol. The van der Waals surface area contributed by atoms with Crippen LogP contribution in [0.2, 0.25) is 0 Å². The lowest BCUT2D eigenvalue weighted by molar-refractivity contribution is 0.140. The number of aryl methyl sites for hydroxylation is 1. The Morgan fingerprint density at radius 2 is 1.91 bits per heavy atom. The quantitative estimate of drug-likeness (QED) is 0.255. The molecule has 3 rings (SSSR count). The van der Waals surface area contributed by atoms with Crippen molar-refractivity contribution in [2.75, 3.05) is 40.5 Å². The normalized spacial score (nSPS) is 15.5. The van der Waals surface area contributed by atoms with Gasteiger partial charge in [0.15, 0.2) is 5.96 Å². The highest BCUT2D eigenvalue weighted by atomic mass is 127. The number of guanidine groups is 1. The monoisotopic (exact) mass is 569 g/mol. The molecule has 1 fully saturated rings. The Morgan fingerprint density at radius 3 is 2.61 bits per heavy atom. The molecule has 0 amide bonds. The van der Waals surface area contributed by atoms with E-state index < -0.39 is 0 Å². The zero-order valence-electron chi connectivity index (χ0n) is 20.0. The summed E-state index contributed by atoms with van der Waals surface area (Å²) in [5.41, 5.74) is 3.32. The number of hydrogen-bond donors (Lipinski definition) is 2. The molecule has 1 heterocycles. The van der Waals surface area contributed by atoms with Crippen molar-refractivity contribution in [1.29, 1.82) is 0 Å². The van der Waals surface area contributed by atoms with Crippen LogP contribution in [-0.4, -0.2) is 52.6 Å². The fourth-order valence-corrected chi connectivity index (χ4v) is 3.59. The van der Waals surface area contributed by atoms with Gasteiger partial charge in [0.25, 0.3) is 0 Å². The molecule has 33 heavy (non-hydrogen) atoms. The number of benzene rings is 2. The Bertz CT molecular complexity index is 901. The summed E-state index contributed by atoms with van der Waals surface area (Å²) in [7, 11) is 3.35. The van der Waals surface area contributed by atoms with E-state index in [9.17, 15) is 0 Å². The van der Waals surface area contributed by atoms with Gasteiger partial charge in [-0.05, 0) is 55.7 Å². The molecule has 2 N–H and O–H groups in total. The molecule has 0 bridgehead atoms. The van der Waals surface area contributed by atoms with Gasteiger partial charge in [-0.1, -0.05) is 12.1 Å². The van der Waals surface area contributed by atoms with Gasteiger partial charge in [-0.2, -0.15) is 0 Å². The Kier molecular flexibility index (Phi) is 11.6. The summed E-state index contributed by atoms with van der Waals surface area (Å²) in [5.74, 6) is 3.33. The van der Waals surface area contributed by atoms with Gasteiger partial charge in [0.05, 0.1) is 34.0 Å². The lowest BCUT2D eigenvalue weighted by Crippen LogP contribution is -2.38. The maximum Gasteiger partial charge on any atom is 0.191 e. The molecule has 0 aromatic heterocycles. The first-order valence-corrected chi connectivity index (χ1v) is 11.2. The van der Waals surface area contributed by atoms with Crippen molar-refractivity contribution in [3.8, 4) is 17.2 Å². The van der Waals surface area contributed by atoms with E-state index in [0.29, 0.717) is 19.7 Å². The topological polar surface area (TPSA) is 73.3 Å². The predicted molar refractivity (Wildman–Crippen MR) is 143 cm³/mol. The molecule has 1 aliphatic heterocycles. The van der Waals surface area contributed by atoms with Gasteiger partial charge < -0.3 is 29.6 Å². The van der Waals surface area contributed by atoms with Crippen LogP contribution >= 0.6 is 24.0 Å². The largest absolute Gasteiger partial charge is 0.497 e. The molecule has 0 spiro atoms. The minimum atomic E-state index is 0. The summed E-state index contributed by atoms with van der Waals surface area (Å²) in [4.78, 5) is 4.78. The van der Waals surface area contributed by atoms with E-state index in [2.05, 4.69) is 42.7 Å². The molecule has 8 heteroatoms. The molecule has 1 atom stereocenters. The number of hydrogen-bond acceptors (Lipinski definition) is 5. The maximum atomic E-state index is 6.21. The van der Waals surface area contributed by atoms with Gasteiger partial charge in [-0.3, -0.25) is 0 Å². The highest BCUT2D eigenvalue weighted by molar-refractivity contribution is 14.0. The Labute approximate surface area is 214 Å². The van der Waals surface area contributed by atoms with Gasteiger partial charge >= 0.3 is 0 Å². The lowest BCUT2D eigenvalue weighted by atomic mass is 10.1. The van der Waals surface area contributed by atoms with Crippen LogP contribution in [0.5, 0.6) is 17.2 Å². The van der Waals surface area contributed by atoms with E-state index in [1.807, 2.05) is 18.2 Å². The average Bonchev–Trinajstić information content (AvgIpc) is 3.31. The van der Waals surface area contributed by atoms with Crippen LogP contribution in [0.25, 0.3) is 0 Å². The highest BCUT2D eigenvalue weighted by Gasteiger charge is 2.18. The summed E-state index contributed by atoms with van der Waals surface area (Å²) in [6.45, 7) is 7.56. The van der Waals surface area contributed by atoms with Gasteiger partial charge in [-0.25, -0.2) is 4.99 Å². The minimum Gasteiger partial charge on any atom is -0.497 e. The summed E-state index contributed by atoms with van der Waals surface area (Å²) in [5, 5.41) is 6.73. The summed E-state index contributed by atoms with van der Waals surface area (Å²) in [6, 6.07) is 12.1. The third kappa shape index (κ3) is 8.26. The van der Waals surface area contributed by atoms with E-state index >= 15 is 0 Å². The average molecular weight is 569 g/mol. The lowest BCUT2D eigenvalue weighted by Gasteiger charge is -2.16. The van der Waals surface area contributed by atoms with Gasteiger partial charge in [0.1, 0.15) is 23.4 Å². The first kappa shape index (κ1) is 27.0. The summed E-state index contributed by atoms with van der Waals surface area (Å²) >= 11 is 0. The Hall–Kier alpha value is -2.20.